The third-order valence-electron chi connectivity index (χ3n) is 3.25. The van der Waals surface area contributed by atoms with Gasteiger partial charge in [0.25, 0.3) is 5.78 Å². The van der Waals surface area contributed by atoms with Crippen molar-refractivity contribution in [2.24, 2.45) is 0 Å². The second-order valence-electron chi connectivity index (χ2n) is 4.94. The molecule has 3 nitrogen and oxygen atoms in total. The van der Waals surface area contributed by atoms with Crippen LogP contribution in [0.5, 0.6) is 0 Å². The number of carbonyl (C=O) groups excluding carboxylic acids is 1. The van der Waals surface area contributed by atoms with Gasteiger partial charge in [0.1, 0.15) is 11.5 Å². The SMILES string of the molecule is O=C(c1nc(SCc2cccc(F)c2)n2ccccc12)C(F)(F)F. The van der Waals surface area contributed by atoms with Crippen molar-refractivity contribution in [1.29, 1.82) is 0 Å². The van der Waals surface area contributed by atoms with Gasteiger partial charge >= 0.3 is 6.18 Å². The number of Topliss-reactive ketones (excluding diaryl/α,β-unsaturated/α-hetero) is 1. The van der Waals surface area contributed by atoms with E-state index in [1.54, 1.807) is 18.2 Å². The maximum absolute atomic E-state index is 13.2. The first-order chi connectivity index (χ1) is 11.4. The highest BCUT2D eigenvalue weighted by atomic mass is 32.2. The van der Waals surface area contributed by atoms with Crippen molar-refractivity contribution in [1.82, 2.24) is 9.38 Å². The standard InChI is InChI=1S/C16H10F4N2OS/c17-11-5-3-4-10(8-11)9-24-15-21-13(14(23)16(18,19)20)12-6-1-2-7-22(12)15/h1-8H,9H2. The molecule has 0 spiro atoms. The summed E-state index contributed by atoms with van der Waals surface area (Å²) in [5.74, 6) is -2.07. The lowest BCUT2D eigenvalue weighted by Crippen LogP contribution is -2.23. The van der Waals surface area contributed by atoms with Crippen molar-refractivity contribution in [3.05, 3.63) is 65.7 Å². The molecule has 0 amide bonds. The van der Waals surface area contributed by atoms with Crippen LogP contribution in [0.1, 0.15) is 16.1 Å². The number of hydrogen-bond donors (Lipinski definition) is 0. The number of benzene rings is 1. The van der Waals surface area contributed by atoms with E-state index in [4.69, 9.17) is 0 Å². The number of ketones is 1. The summed E-state index contributed by atoms with van der Waals surface area (Å²) < 4.78 is 52.8. The van der Waals surface area contributed by atoms with Gasteiger partial charge in [-0.1, -0.05) is 30.0 Å². The minimum atomic E-state index is -4.99. The minimum Gasteiger partial charge on any atom is -0.294 e. The average molecular weight is 354 g/mol. The summed E-state index contributed by atoms with van der Waals surface area (Å²) in [5.41, 5.74) is 0.114. The average Bonchev–Trinajstić information content (AvgIpc) is 2.90. The molecule has 0 aliphatic heterocycles. The van der Waals surface area contributed by atoms with E-state index in [0.29, 0.717) is 11.3 Å². The third-order valence-corrected chi connectivity index (χ3v) is 4.27. The number of alkyl halides is 3. The molecule has 0 saturated carbocycles. The van der Waals surface area contributed by atoms with Gasteiger partial charge in [0.15, 0.2) is 5.16 Å². The molecule has 0 atom stereocenters. The number of pyridine rings is 1. The number of nitrogens with zero attached hydrogens (tertiary/aromatic N) is 2. The molecule has 0 aliphatic carbocycles. The van der Waals surface area contributed by atoms with Crippen LogP contribution in [0.3, 0.4) is 0 Å². The summed E-state index contributed by atoms with van der Waals surface area (Å²) in [6.45, 7) is 0. The van der Waals surface area contributed by atoms with Crippen LogP contribution >= 0.6 is 11.8 Å². The topological polar surface area (TPSA) is 34.4 Å². The van der Waals surface area contributed by atoms with Crippen LogP contribution in [0.2, 0.25) is 0 Å². The Morgan fingerprint density at radius 2 is 1.96 bits per heavy atom. The van der Waals surface area contributed by atoms with Gasteiger partial charge in [0, 0.05) is 11.9 Å². The molecule has 2 heterocycles. The van der Waals surface area contributed by atoms with Gasteiger partial charge in [-0.3, -0.25) is 9.20 Å². The molecule has 0 aliphatic rings. The predicted octanol–water partition coefficient (Wildman–Crippen LogP) is 4.51. The lowest BCUT2D eigenvalue weighted by molar-refractivity contribution is -0.0887. The third kappa shape index (κ3) is 3.28. The van der Waals surface area contributed by atoms with Crippen LogP contribution in [0.15, 0.2) is 53.8 Å². The first-order valence-electron chi connectivity index (χ1n) is 6.82. The van der Waals surface area contributed by atoms with Crippen molar-refractivity contribution >= 4 is 23.1 Å². The Balaban J connectivity index is 1.95. The van der Waals surface area contributed by atoms with Gasteiger partial charge in [0.2, 0.25) is 0 Å². The van der Waals surface area contributed by atoms with Crippen molar-refractivity contribution in [3.8, 4) is 0 Å². The van der Waals surface area contributed by atoms with Crippen LogP contribution in [-0.4, -0.2) is 21.3 Å². The van der Waals surface area contributed by atoms with Crippen LogP contribution in [0.25, 0.3) is 5.52 Å². The van der Waals surface area contributed by atoms with E-state index < -0.39 is 23.5 Å². The Labute approximate surface area is 138 Å². The maximum atomic E-state index is 13.2. The molecule has 124 valence electrons. The monoisotopic (exact) mass is 354 g/mol. The number of carbonyl (C=O) groups is 1. The fourth-order valence-electron chi connectivity index (χ4n) is 2.19. The molecule has 0 unspecified atom stereocenters. The summed E-state index contributed by atoms with van der Waals surface area (Å²) >= 11 is 1.13. The van der Waals surface area contributed by atoms with Gasteiger partial charge in [-0.15, -0.1) is 0 Å². The number of fused-ring (bicyclic) bond motifs is 1. The van der Waals surface area contributed by atoms with E-state index in [1.807, 2.05) is 0 Å². The number of hydrogen-bond acceptors (Lipinski definition) is 3. The molecule has 0 fully saturated rings. The van der Waals surface area contributed by atoms with E-state index >= 15 is 0 Å². The highest BCUT2D eigenvalue weighted by molar-refractivity contribution is 7.98. The Hall–Kier alpha value is -2.35. The molecular weight excluding hydrogens is 344 g/mol. The van der Waals surface area contributed by atoms with Gasteiger partial charge in [-0.2, -0.15) is 13.2 Å². The Bertz CT molecular complexity index is 904. The van der Waals surface area contributed by atoms with Crippen LogP contribution in [0.4, 0.5) is 17.6 Å². The Kier molecular flexibility index (Phi) is 4.31. The van der Waals surface area contributed by atoms with Crippen LogP contribution in [-0.2, 0) is 5.75 Å². The summed E-state index contributed by atoms with van der Waals surface area (Å²) in [4.78, 5) is 15.4. The number of aromatic nitrogens is 2. The molecule has 3 rings (SSSR count). The molecule has 8 heteroatoms. The zero-order valence-electron chi connectivity index (χ0n) is 12.0. The zero-order chi connectivity index (χ0) is 17.3. The fourth-order valence-corrected chi connectivity index (χ4v) is 3.12. The number of thioether (sulfide) groups is 1. The van der Waals surface area contributed by atoms with Crippen LogP contribution in [0, 0.1) is 5.82 Å². The quantitative estimate of drug-likeness (QED) is 0.393. The van der Waals surface area contributed by atoms with Gasteiger partial charge < -0.3 is 0 Å². The van der Waals surface area contributed by atoms with E-state index in [1.165, 1.54) is 34.9 Å². The lowest BCUT2D eigenvalue weighted by atomic mass is 10.2. The van der Waals surface area contributed by atoms with Crippen molar-refractivity contribution < 1.29 is 22.4 Å². The summed E-state index contributed by atoms with van der Waals surface area (Å²) in [6.07, 6.45) is -3.46. The smallest absolute Gasteiger partial charge is 0.294 e. The number of imidazole rings is 1. The molecule has 0 saturated heterocycles. The maximum Gasteiger partial charge on any atom is 0.456 e. The van der Waals surface area contributed by atoms with E-state index in [-0.39, 0.29) is 10.7 Å². The van der Waals surface area contributed by atoms with Crippen molar-refractivity contribution in [3.63, 3.8) is 0 Å². The van der Waals surface area contributed by atoms with Crippen LogP contribution < -0.4 is 0 Å². The van der Waals surface area contributed by atoms with E-state index in [0.717, 1.165) is 11.8 Å². The summed E-state index contributed by atoms with van der Waals surface area (Å²) in [6, 6.07) is 10.5. The lowest BCUT2D eigenvalue weighted by Gasteiger charge is -2.02. The second-order valence-corrected chi connectivity index (χ2v) is 5.89. The van der Waals surface area contributed by atoms with Crippen molar-refractivity contribution in [2.45, 2.75) is 17.1 Å². The Morgan fingerprint density at radius 3 is 2.67 bits per heavy atom. The highest BCUT2D eigenvalue weighted by Crippen LogP contribution is 2.29. The zero-order valence-corrected chi connectivity index (χ0v) is 12.9. The molecule has 24 heavy (non-hydrogen) atoms. The van der Waals surface area contributed by atoms with E-state index in [9.17, 15) is 22.4 Å². The first-order valence-corrected chi connectivity index (χ1v) is 7.80. The van der Waals surface area contributed by atoms with Gasteiger partial charge in [-0.05, 0) is 29.8 Å². The van der Waals surface area contributed by atoms with Gasteiger partial charge in [-0.25, -0.2) is 9.37 Å². The fraction of sp³-hybridized carbons (Fsp3) is 0.125. The largest absolute Gasteiger partial charge is 0.456 e. The number of rotatable bonds is 4. The molecule has 0 radical (unpaired) electrons. The molecule has 2 aromatic heterocycles. The molecule has 1 aromatic carbocycles. The summed E-state index contributed by atoms with van der Waals surface area (Å²) in [7, 11) is 0. The first kappa shape index (κ1) is 16.5. The normalized spacial score (nSPS) is 11.8. The molecule has 0 bridgehead atoms. The second kappa shape index (κ2) is 6.27. The van der Waals surface area contributed by atoms with Crippen molar-refractivity contribution in [2.75, 3.05) is 0 Å². The number of halogens is 4. The molecule has 3 aromatic rings. The van der Waals surface area contributed by atoms with Gasteiger partial charge in [0.05, 0.1) is 5.52 Å². The Morgan fingerprint density at radius 1 is 1.17 bits per heavy atom. The highest BCUT2D eigenvalue weighted by Gasteiger charge is 2.42. The van der Waals surface area contributed by atoms with E-state index in [2.05, 4.69) is 4.98 Å². The minimum absolute atomic E-state index is 0.0848. The molecule has 0 N–H and O–H groups in total. The predicted molar refractivity (Wildman–Crippen MR) is 81.5 cm³/mol. The molecular formula is C16H10F4N2OS. The summed E-state index contributed by atoms with van der Waals surface area (Å²) in [5, 5.41) is 0.238.